The smallest absolute Gasteiger partial charge is 0.338 e. The van der Waals surface area contributed by atoms with E-state index in [9.17, 15) is 4.79 Å². The first-order valence-electron chi connectivity index (χ1n) is 6.33. The molecule has 2 aromatic rings. The average molecular weight is 275 g/mol. The monoisotopic (exact) mass is 275 g/mol. The molecule has 0 spiro atoms. The molecule has 20 heavy (non-hydrogen) atoms. The van der Waals surface area contributed by atoms with Gasteiger partial charge in [-0.25, -0.2) is 4.79 Å². The molecule has 2 rings (SSSR count). The Balaban J connectivity index is 2.10. The molecule has 1 aromatic carbocycles. The molecule has 6 heteroatoms. The van der Waals surface area contributed by atoms with E-state index in [4.69, 9.17) is 15.0 Å². The van der Waals surface area contributed by atoms with Crippen LogP contribution in [0.1, 0.15) is 28.7 Å². The van der Waals surface area contributed by atoms with Crippen LogP contribution in [0.3, 0.4) is 0 Å². The number of rotatable bonds is 5. The predicted molar refractivity (Wildman–Crippen MR) is 75.4 cm³/mol. The van der Waals surface area contributed by atoms with Crippen LogP contribution in [-0.4, -0.2) is 17.7 Å². The molecule has 0 atom stereocenters. The van der Waals surface area contributed by atoms with E-state index in [0.717, 1.165) is 5.69 Å². The third kappa shape index (κ3) is 3.28. The highest BCUT2D eigenvalue weighted by Gasteiger charge is 2.09. The van der Waals surface area contributed by atoms with Crippen LogP contribution in [0.25, 0.3) is 0 Å². The van der Waals surface area contributed by atoms with E-state index in [2.05, 4.69) is 10.5 Å². The molecule has 0 fully saturated rings. The molecular formula is C14H17N3O3. The summed E-state index contributed by atoms with van der Waals surface area (Å²) in [5, 5.41) is 6.91. The van der Waals surface area contributed by atoms with Crippen LogP contribution in [-0.2, 0) is 11.3 Å². The quantitative estimate of drug-likeness (QED) is 0.643. The molecule has 0 unspecified atom stereocenters. The molecule has 1 heterocycles. The third-order valence-electron chi connectivity index (χ3n) is 2.69. The van der Waals surface area contributed by atoms with E-state index in [1.807, 2.05) is 13.0 Å². The highest BCUT2D eigenvalue weighted by atomic mass is 16.5. The lowest BCUT2D eigenvalue weighted by molar-refractivity contribution is 0.0526. The van der Waals surface area contributed by atoms with E-state index in [1.54, 1.807) is 25.1 Å². The fourth-order valence-electron chi connectivity index (χ4n) is 1.73. The summed E-state index contributed by atoms with van der Waals surface area (Å²) in [6, 6.07) is 6.80. The number of ether oxygens (including phenoxy) is 1. The van der Waals surface area contributed by atoms with Crippen LogP contribution < -0.4 is 11.1 Å². The van der Waals surface area contributed by atoms with Crippen molar-refractivity contribution in [2.75, 3.05) is 17.7 Å². The number of aromatic nitrogens is 1. The van der Waals surface area contributed by atoms with Gasteiger partial charge in [-0.3, -0.25) is 0 Å². The van der Waals surface area contributed by atoms with Gasteiger partial charge in [0, 0.05) is 6.07 Å². The summed E-state index contributed by atoms with van der Waals surface area (Å²) in [6.07, 6.45) is 0. The second-order valence-electron chi connectivity index (χ2n) is 4.31. The summed E-state index contributed by atoms with van der Waals surface area (Å²) in [7, 11) is 0. The highest BCUT2D eigenvalue weighted by molar-refractivity contribution is 5.92. The van der Waals surface area contributed by atoms with Crippen LogP contribution in [0, 0.1) is 6.92 Å². The number of hydrogen-bond acceptors (Lipinski definition) is 6. The number of carbonyl (C=O) groups is 1. The van der Waals surface area contributed by atoms with E-state index < -0.39 is 0 Å². The van der Waals surface area contributed by atoms with Gasteiger partial charge in [-0.15, -0.1) is 0 Å². The summed E-state index contributed by atoms with van der Waals surface area (Å²) in [6.45, 7) is 4.39. The second-order valence-corrected chi connectivity index (χ2v) is 4.31. The third-order valence-corrected chi connectivity index (χ3v) is 2.69. The zero-order chi connectivity index (χ0) is 14.5. The number of nitrogen functional groups attached to an aromatic ring is 1. The van der Waals surface area contributed by atoms with Gasteiger partial charge < -0.3 is 20.3 Å². The van der Waals surface area contributed by atoms with Gasteiger partial charge in [0.05, 0.1) is 35.8 Å². The Labute approximate surface area is 116 Å². The number of esters is 1. The van der Waals surface area contributed by atoms with Gasteiger partial charge in [-0.05, 0) is 32.0 Å². The Hall–Kier alpha value is -2.50. The van der Waals surface area contributed by atoms with E-state index in [1.165, 1.54) is 0 Å². The molecule has 6 nitrogen and oxygen atoms in total. The Bertz CT molecular complexity index is 607. The largest absolute Gasteiger partial charge is 0.462 e. The summed E-state index contributed by atoms with van der Waals surface area (Å²) in [4.78, 5) is 11.7. The van der Waals surface area contributed by atoms with Crippen molar-refractivity contribution < 1.29 is 14.1 Å². The SMILES string of the molecule is CCOC(=O)c1ccc(N)c(NCc2cc(C)no2)c1. The molecule has 0 bridgehead atoms. The van der Waals surface area contributed by atoms with Crippen LogP contribution in [0.4, 0.5) is 11.4 Å². The van der Waals surface area contributed by atoms with E-state index >= 15 is 0 Å². The van der Waals surface area contributed by atoms with Crippen molar-refractivity contribution in [1.29, 1.82) is 0 Å². The van der Waals surface area contributed by atoms with Crippen molar-refractivity contribution in [2.24, 2.45) is 0 Å². The van der Waals surface area contributed by atoms with E-state index in [-0.39, 0.29) is 5.97 Å². The average Bonchev–Trinajstić information content (AvgIpc) is 2.84. The maximum absolute atomic E-state index is 11.7. The molecule has 0 aliphatic rings. The molecule has 0 saturated carbocycles. The lowest BCUT2D eigenvalue weighted by Gasteiger charge is -2.09. The first-order valence-corrected chi connectivity index (χ1v) is 6.33. The first-order chi connectivity index (χ1) is 9.60. The fourth-order valence-corrected chi connectivity index (χ4v) is 1.73. The van der Waals surface area contributed by atoms with Gasteiger partial charge in [-0.1, -0.05) is 5.16 Å². The van der Waals surface area contributed by atoms with Gasteiger partial charge in [-0.2, -0.15) is 0 Å². The number of carbonyl (C=O) groups excluding carboxylic acids is 1. The number of anilines is 2. The topological polar surface area (TPSA) is 90.4 Å². The lowest BCUT2D eigenvalue weighted by Crippen LogP contribution is -2.07. The molecule has 3 N–H and O–H groups in total. The minimum atomic E-state index is -0.369. The van der Waals surface area contributed by atoms with Crippen molar-refractivity contribution in [1.82, 2.24) is 5.16 Å². The molecule has 106 valence electrons. The van der Waals surface area contributed by atoms with Crippen LogP contribution in [0.5, 0.6) is 0 Å². The van der Waals surface area contributed by atoms with Crippen molar-refractivity contribution >= 4 is 17.3 Å². The first kappa shape index (κ1) is 13.9. The van der Waals surface area contributed by atoms with E-state index in [0.29, 0.717) is 35.9 Å². The minimum Gasteiger partial charge on any atom is -0.462 e. The summed E-state index contributed by atoms with van der Waals surface area (Å²) < 4.78 is 10.1. The maximum Gasteiger partial charge on any atom is 0.338 e. The molecular weight excluding hydrogens is 258 g/mol. The number of nitrogens with zero attached hydrogens (tertiary/aromatic N) is 1. The Morgan fingerprint density at radius 3 is 2.90 bits per heavy atom. The molecule has 0 aliphatic heterocycles. The van der Waals surface area contributed by atoms with Crippen molar-refractivity contribution in [3.05, 3.63) is 41.3 Å². The van der Waals surface area contributed by atoms with Gasteiger partial charge in [0.2, 0.25) is 0 Å². The molecule has 1 aromatic heterocycles. The summed E-state index contributed by atoms with van der Waals surface area (Å²) >= 11 is 0. The minimum absolute atomic E-state index is 0.337. The van der Waals surface area contributed by atoms with Crippen molar-refractivity contribution in [3.8, 4) is 0 Å². The summed E-state index contributed by atoms with van der Waals surface area (Å²) in [5.74, 6) is 0.328. The molecule has 0 saturated heterocycles. The van der Waals surface area contributed by atoms with Crippen LogP contribution in [0.2, 0.25) is 0 Å². The van der Waals surface area contributed by atoms with Gasteiger partial charge in [0.25, 0.3) is 0 Å². The summed E-state index contributed by atoms with van der Waals surface area (Å²) in [5.41, 5.74) is 8.35. The molecule has 0 radical (unpaired) electrons. The standard InChI is InChI=1S/C14H17N3O3/c1-3-19-14(18)10-4-5-12(15)13(7-10)16-8-11-6-9(2)17-20-11/h4-7,16H,3,8,15H2,1-2H3. The van der Waals surface area contributed by atoms with Gasteiger partial charge >= 0.3 is 5.97 Å². The Morgan fingerprint density at radius 2 is 2.25 bits per heavy atom. The Kier molecular flexibility index (Phi) is 4.24. The zero-order valence-corrected chi connectivity index (χ0v) is 11.5. The lowest BCUT2D eigenvalue weighted by atomic mass is 10.1. The van der Waals surface area contributed by atoms with Crippen LogP contribution >= 0.6 is 0 Å². The Morgan fingerprint density at radius 1 is 1.45 bits per heavy atom. The number of aryl methyl sites for hydroxylation is 1. The van der Waals surface area contributed by atoms with Crippen LogP contribution in [0.15, 0.2) is 28.8 Å². The second kappa shape index (κ2) is 6.10. The van der Waals surface area contributed by atoms with Crippen molar-refractivity contribution in [3.63, 3.8) is 0 Å². The van der Waals surface area contributed by atoms with Crippen molar-refractivity contribution in [2.45, 2.75) is 20.4 Å². The number of nitrogens with two attached hydrogens (primary N) is 1. The number of hydrogen-bond donors (Lipinski definition) is 2. The number of benzene rings is 1. The normalized spacial score (nSPS) is 10.3. The zero-order valence-electron chi connectivity index (χ0n) is 11.5. The molecule has 0 aliphatic carbocycles. The fraction of sp³-hybridized carbons (Fsp3) is 0.286. The van der Waals surface area contributed by atoms with Gasteiger partial charge in [0.1, 0.15) is 0 Å². The molecule has 0 amide bonds. The predicted octanol–water partition coefficient (Wildman–Crippen LogP) is 2.35. The van der Waals surface area contributed by atoms with Gasteiger partial charge in [0.15, 0.2) is 5.76 Å². The maximum atomic E-state index is 11.7. The highest BCUT2D eigenvalue weighted by Crippen LogP contribution is 2.21. The number of nitrogens with one attached hydrogen (secondary N) is 1.